The summed E-state index contributed by atoms with van der Waals surface area (Å²) in [5.41, 5.74) is 0.255. The largest absolute Gasteiger partial charge is 0.395 e. The number of benzene rings is 1. The fourth-order valence-electron chi connectivity index (χ4n) is 2.52. The third-order valence-electron chi connectivity index (χ3n) is 3.79. The van der Waals surface area contributed by atoms with Gasteiger partial charge >= 0.3 is 0 Å². The van der Waals surface area contributed by atoms with Crippen LogP contribution in [-0.4, -0.2) is 56.3 Å². The molecule has 0 atom stereocenters. The fraction of sp³-hybridized carbons (Fsp3) is 0.389. The highest BCUT2D eigenvalue weighted by atomic mass is 35.5. The Kier molecular flexibility index (Phi) is 6.85. The molecule has 1 aliphatic rings. The van der Waals surface area contributed by atoms with E-state index < -0.39 is 5.54 Å². The summed E-state index contributed by atoms with van der Waals surface area (Å²) in [7, 11) is 0. The Bertz CT molecular complexity index is 759. The first-order valence-corrected chi connectivity index (χ1v) is 9.66. The Morgan fingerprint density at radius 1 is 1.38 bits per heavy atom. The molecule has 1 aromatic carbocycles. The molecule has 5 nitrogen and oxygen atoms in total. The van der Waals surface area contributed by atoms with E-state index in [0.717, 1.165) is 17.3 Å². The molecule has 2 rings (SSSR count). The zero-order chi connectivity index (χ0) is 19.5. The molecule has 1 heterocycles. The minimum absolute atomic E-state index is 0.145. The van der Waals surface area contributed by atoms with Crippen LogP contribution in [0, 0.1) is 0 Å². The molecule has 1 aliphatic heterocycles. The normalized spacial score (nSPS) is 16.5. The molecule has 1 N–H and O–H groups in total. The minimum Gasteiger partial charge on any atom is -0.395 e. The van der Waals surface area contributed by atoms with Gasteiger partial charge in [-0.1, -0.05) is 53.8 Å². The molecule has 1 fully saturated rings. The highest BCUT2D eigenvalue weighted by Gasteiger charge is 2.36. The molecular weight excluding hydrogens is 392 g/mol. The first kappa shape index (κ1) is 20.9. The van der Waals surface area contributed by atoms with E-state index in [4.69, 9.17) is 23.8 Å². The second kappa shape index (κ2) is 8.52. The SMILES string of the molecule is CC(C)(C)N(CCO)C(=O)CN1C(=O)/C(=C/c2ccccc2Cl)SC1=S. The van der Waals surface area contributed by atoms with Crippen molar-refractivity contribution in [1.82, 2.24) is 9.80 Å². The maximum atomic E-state index is 12.7. The monoisotopic (exact) mass is 412 g/mol. The lowest BCUT2D eigenvalue weighted by Crippen LogP contribution is -2.51. The van der Waals surface area contributed by atoms with Crippen LogP contribution in [-0.2, 0) is 9.59 Å². The summed E-state index contributed by atoms with van der Waals surface area (Å²) in [4.78, 5) is 28.6. The second-order valence-electron chi connectivity index (χ2n) is 6.73. The lowest BCUT2D eigenvalue weighted by atomic mass is 10.1. The van der Waals surface area contributed by atoms with Crippen molar-refractivity contribution in [3.63, 3.8) is 0 Å². The number of β-amino-alcohol motifs (C(OH)–C–C–N with tert-alkyl or cyclic N) is 1. The van der Waals surface area contributed by atoms with Gasteiger partial charge in [-0.3, -0.25) is 14.5 Å². The molecular formula is C18H21ClN2O3S2. The quantitative estimate of drug-likeness (QED) is 0.594. The zero-order valence-electron chi connectivity index (χ0n) is 14.9. The van der Waals surface area contributed by atoms with Crippen LogP contribution in [0.25, 0.3) is 6.08 Å². The molecule has 0 saturated carbocycles. The maximum absolute atomic E-state index is 12.7. The van der Waals surface area contributed by atoms with Gasteiger partial charge in [-0.2, -0.15) is 0 Å². The van der Waals surface area contributed by atoms with Gasteiger partial charge in [0.15, 0.2) is 0 Å². The smallest absolute Gasteiger partial charge is 0.266 e. The summed E-state index contributed by atoms with van der Waals surface area (Å²) >= 11 is 12.6. The number of rotatable bonds is 5. The van der Waals surface area contributed by atoms with E-state index in [1.54, 1.807) is 17.0 Å². The van der Waals surface area contributed by atoms with Crippen LogP contribution in [0.4, 0.5) is 0 Å². The fourth-order valence-corrected chi connectivity index (χ4v) is 3.96. The number of hydrogen-bond acceptors (Lipinski definition) is 5. The molecule has 1 saturated heterocycles. The maximum Gasteiger partial charge on any atom is 0.266 e. The molecule has 1 aromatic rings. The average Bonchev–Trinajstić information content (AvgIpc) is 2.81. The van der Waals surface area contributed by atoms with Gasteiger partial charge in [-0.25, -0.2) is 0 Å². The predicted octanol–water partition coefficient (Wildman–Crippen LogP) is 3.16. The Balaban J connectivity index is 2.19. The number of amides is 2. The van der Waals surface area contributed by atoms with E-state index in [2.05, 4.69) is 0 Å². The molecule has 0 aliphatic carbocycles. The lowest BCUT2D eigenvalue weighted by Gasteiger charge is -2.36. The van der Waals surface area contributed by atoms with Crippen molar-refractivity contribution in [3.8, 4) is 0 Å². The average molecular weight is 413 g/mol. The predicted molar refractivity (Wildman–Crippen MR) is 110 cm³/mol. The molecule has 0 unspecified atom stereocenters. The van der Waals surface area contributed by atoms with Crippen LogP contribution in [0.2, 0.25) is 5.02 Å². The lowest BCUT2D eigenvalue weighted by molar-refractivity contribution is -0.139. The van der Waals surface area contributed by atoms with Gasteiger partial charge in [-0.15, -0.1) is 0 Å². The third kappa shape index (κ3) is 4.85. The van der Waals surface area contributed by atoms with Crippen molar-refractivity contribution in [2.45, 2.75) is 26.3 Å². The summed E-state index contributed by atoms with van der Waals surface area (Å²) in [6.07, 6.45) is 1.68. The number of carbonyl (C=O) groups is 2. The summed E-state index contributed by atoms with van der Waals surface area (Å²) in [5.74, 6) is -0.576. The summed E-state index contributed by atoms with van der Waals surface area (Å²) < 4.78 is 0.333. The third-order valence-corrected chi connectivity index (χ3v) is 5.52. The Morgan fingerprint density at radius 3 is 2.62 bits per heavy atom. The first-order valence-electron chi connectivity index (χ1n) is 8.06. The van der Waals surface area contributed by atoms with Crippen molar-refractivity contribution in [2.75, 3.05) is 19.7 Å². The summed E-state index contributed by atoms with van der Waals surface area (Å²) in [6.45, 7) is 5.54. The van der Waals surface area contributed by atoms with Crippen LogP contribution < -0.4 is 0 Å². The van der Waals surface area contributed by atoms with Crippen LogP contribution >= 0.6 is 35.6 Å². The number of thioether (sulfide) groups is 1. The van der Waals surface area contributed by atoms with Crippen molar-refractivity contribution >= 4 is 57.8 Å². The highest BCUT2D eigenvalue weighted by Crippen LogP contribution is 2.33. The number of thiocarbonyl (C=S) groups is 1. The van der Waals surface area contributed by atoms with Gasteiger partial charge in [0.2, 0.25) is 5.91 Å². The van der Waals surface area contributed by atoms with Crippen LogP contribution in [0.1, 0.15) is 26.3 Å². The standard InChI is InChI=1S/C18H21ClN2O3S2/c1-18(2,3)21(8-9-22)15(23)11-20-16(24)14(26-17(20)25)10-12-6-4-5-7-13(12)19/h4-7,10,22H,8-9,11H2,1-3H3/b14-10-. The van der Waals surface area contributed by atoms with Crippen LogP contribution in [0.3, 0.4) is 0 Å². The number of nitrogens with zero attached hydrogens (tertiary/aromatic N) is 2. The molecule has 26 heavy (non-hydrogen) atoms. The number of aliphatic hydroxyl groups is 1. The Morgan fingerprint density at radius 2 is 2.04 bits per heavy atom. The topological polar surface area (TPSA) is 60.9 Å². The van der Waals surface area contributed by atoms with Crippen molar-refractivity contribution in [1.29, 1.82) is 0 Å². The molecule has 8 heteroatoms. The van der Waals surface area contributed by atoms with E-state index in [0.29, 0.717) is 14.2 Å². The van der Waals surface area contributed by atoms with Gasteiger partial charge in [0.25, 0.3) is 5.91 Å². The molecule has 0 bridgehead atoms. The molecule has 0 aromatic heterocycles. The molecule has 0 radical (unpaired) electrons. The van der Waals surface area contributed by atoms with Crippen LogP contribution in [0.15, 0.2) is 29.2 Å². The first-order chi connectivity index (χ1) is 12.1. The number of carbonyl (C=O) groups excluding carboxylic acids is 2. The van der Waals surface area contributed by atoms with E-state index >= 15 is 0 Å². The number of aliphatic hydroxyl groups excluding tert-OH is 1. The zero-order valence-corrected chi connectivity index (χ0v) is 17.2. The van der Waals surface area contributed by atoms with Gasteiger partial charge < -0.3 is 10.0 Å². The summed E-state index contributed by atoms with van der Waals surface area (Å²) in [6, 6.07) is 7.19. The molecule has 0 spiro atoms. The van der Waals surface area contributed by atoms with Crippen LogP contribution in [0.5, 0.6) is 0 Å². The van der Waals surface area contributed by atoms with Crippen molar-refractivity contribution in [2.24, 2.45) is 0 Å². The van der Waals surface area contributed by atoms with Gasteiger partial charge in [0.1, 0.15) is 10.9 Å². The van der Waals surface area contributed by atoms with E-state index in [-0.39, 0.29) is 31.5 Å². The van der Waals surface area contributed by atoms with Gasteiger partial charge in [0.05, 0.1) is 11.5 Å². The molecule has 140 valence electrons. The van der Waals surface area contributed by atoms with E-state index in [1.807, 2.05) is 39.0 Å². The number of halogens is 1. The minimum atomic E-state index is -0.465. The van der Waals surface area contributed by atoms with E-state index in [9.17, 15) is 14.7 Å². The number of hydrogen-bond donors (Lipinski definition) is 1. The molecule has 2 amide bonds. The highest BCUT2D eigenvalue weighted by molar-refractivity contribution is 8.26. The van der Waals surface area contributed by atoms with Crippen molar-refractivity contribution < 1.29 is 14.7 Å². The van der Waals surface area contributed by atoms with Crippen molar-refractivity contribution in [3.05, 3.63) is 39.8 Å². The Labute approximate surface area is 168 Å². The van der Waals surface area contributed by atoms with Gasteiger partial charge in [-0.05, 0) is 38.5 Å². The summed E-state index contributed by atoms with van der Waals surface area (Å²) in [5, 5.41) is 9.76. The second-order valence-corrected chi connectivity index (χ2v) is 8.81. The Hall–Kier alpha value is -1.41. The van der Waals surface area contributed by atoms with Gasteiger partial charge in [0, 0.05) is 17.1 Å². The van der Waals surface area contributed by atoms with E-state index in [1.165, 1.54) is 4.90 Å².